The van der Waals surface area contributed by atoms with Gasteiger partial charge in [0.1, 0.15) is 11.3 Å². The number of aliphatic hydroxyl groups is 1. The molecular formula is C18H25N5O4. The second-order valence-corrected chi connectivity index (χ2v) is 6.55. The molecule has 1 saturated heterocycles. The molecule has 1 fully saturated rings. The van der Waals surface area contributed by atoms with Gasteiger partial charge < -0.3 is 19.5 Å². The van der Waals surface area contributed by atoms with Crippen molar-refractivity contribution >= 4 is 5.91 Å². The Hall–Kier alpha value is -2.68. The smallest absolute Gasteiger partial charge is 0.257 e. The minimum atomic E-state index is -1.20. The van der Waals surface area contributed by atoms with E-state index in [1.807, 2.05) is 13.8 Å². The van der Waals surface area contributed by atoms with E-state index in [4.69, 9.17) is 9.47 Å². The van der Waals surface area contributed by atoms with Gasteiger partial charge in [-0.15, -0.1) is 0 Å². The summed E-state index contributed by atoms with van der Waals surface area (Å²) >= 11 is 0. The molecule has 0 radical (unpaired) electrons. The first-order valence-electron chi connectivity index (χ1n) is 8.93. The van der Waals surface area contributed by atoms with Gasteiger partial charge in [0.15, 0.2) is 0 Å². The number of aromatic nitrogens is 4. The van der Waals surface area contributed by atoms with E-state index in [9.17, 15) is 9.90 Å². The summed E-state index contributed by atoms with van der Waals surface area (Å²) in [5, 5.41) is 15.3. The van der Waals surface area contributed by atoms with Gasteiger partial charge in [0.05, 0.1) is 32.2 Å². The summed E-state index contributed by atoms with van der Waals surface area (Å²) in [5.41, 5.74) is 0.618. The Bertz CT molecular complexity index is 827. The van der Waals surface area contributed by atoms with Crippen LogP contribution in [0.3, 0.4) is 0 Å². The number of hydrogen-bond acceptors (Lipinski definition) is 7. The Morgan fingerprint density at radius 3 is 2.52 bits per heavy atom. The number of rotatable bonds is 5. The first kappa shape index (κ1) is 19.1. The predicted octanol–water partition coefficient (Wildman–Crippen LogP) is 1.14. The fourth-order valence-electron chi connectivity index (χ4n) is 3.38. The molecule has 2 aromatic heterocycles. The summed E-state index contributed by atoms with van der Waals surface area (Å²) in [6.45, 7) is 5.40. The van der Waals surface area contributed by atoms with Gasteiger partial charge in [0, 0.05) is 25.3 Å². The highest BCUT2D eigenvalue weighted by molar-refractivity contribution is 5.95. The number of likely N-dealkylation sites (tertiary alicyclic amines) is 1. The van der Waals surface area contributed by atoms with Crippen LogP contribution in [0.25, 0.3) is 0 Å². The standard InChI is InChI=1S/C18H25N5O4/c1-5-23-12(2)13(10-20-23)17(24)22-8-6-18(25,7-9-22)15-16(27-4)21-14(26-3)11-19-15/h10-11,25H,5-9H2,1-4H3. The third-order valence-electron chi connectivity index (χ3n) is 5.07. The molecule has 146 valence electrons. The molecule has 9 nitrogen and oxygen atoms in total. The second-order valence-electron chi connectivity index (χ2n) is 6.55. The van der Waals surface area contributed by atoms with Crippen molar-refractivity contribution in [1.82, 2.24) is 24.6 Å². The van der Waals surface area contributed by atoms with Crippen LogP contribution in [0, 0.1) is 6.92 Å². The Labute approximate surface area is 157 Å². The van der Waals surface area contributed by atoms with Crippen molar-refractivity contribution in [2.24, 2.45) is 0 Å². The second kappa shape index (κ2) is 7.51. The fourth-order valence-corrected chi connectivity index (χ4v) is 3.38. The Morgan fingerprint density at radius 1 is 1.26 bits per heavy atom. The van der Waals surface area contributed by atoms with Crippen LogP contribution in [0.15, 0.2) is 12.4 Å². The molecule has 0 aromatic carbocycles. The maximum atomic E-state index is 12.8. The third-order valence-corrected chi connectivity index (χ3v) is 5.07. The third kappa shape index (κ3) is 3.46. The van der Waals surface area contributed by atoms with Crippen molar-refractivity contribution in [3.63, 3.8) is 0 Å². The largest absolute Gasteiger partial charge is 0.480 e. The monoisotopic (exact) mass is 375 g/mol. The molecular weight excluding hydrogens is 350 g/mol. The molecule has 27 heavy (non-hydrogen) atoms. The minimum absolute atomic E-state index is 0.0676. The van der Waals surface area contributed by atoms with E-state index in [1.165, 1.54) is 20.4 Å². The summed E-state index contributed by atoms with van der Waals surface area (Å²) in [6.07, 6.45) is 3.75. The molecule has 1 amide bonds. The van der Waals surface area contributed by atoms with Gasteiger partial charge in [0.25, 0.3) is 5.91 Å². The lowest BCUT2D eigenvalue weighted by Gasteiger charge is -2.37. The average molecular weight is 375 g/mol. The molecule has 9 heteroatoms. The Kier molecular flexibility index (Phi) is 5.31. The molecule has 1 N–H and O–H groups in total. The molecule has 0 atom stereocenters. The van der Waals surface area contributed by atoms with Gasteiger partial charge in [-0.25, -0.2) is 4.98 Å². The van der Waals surface area contributed by atoms with Crippen molar-refractivity contribution in [3.8, 4) is 11.8 Å². The van der Waals surface area contributed by atoms with E-state index in [2.05, 4.69) is 15.1 Å². The summed E-state index contributed by atoms with van der Waals surface area (Å²) in [4.78, 5) is 23.1. The molecule has 0 saturated carbocycles. The predicted molar refractivity (Wildman–Crippen MR) is 96.8 cm³/mol. The van der Waals surface area contributed by atoms with E-state index < -0.39 is 5.60 Å². The van der Waals surface area contributed by atoms with Crippen molar-refractivity contribution in [3.05, 3.63) is 29.3 Å². The first-order chi connectivity index (χ1) is 12.9. The lowest BCUT2D eigenvalue weighted by Crippen LogP contribution is -2.45. The molecule has 1 aliphatic rings. The zero-order valence-electron chi connectivity index (χ0n) is 16.1. The molecule has 0 bridgehead atoms. The van der Waals surface area contributed by atoms with Crippen molar-refractivity contribution in [2.45, 2.75) is 38.8 Å². The Morgan fingerprint density at radius 2 is 1.96 bits per heavy atom. The molecule has 0 aliphatic carbocycles. The van der Waals surface area contributed by atoms with Gasteiger partial charge >= 0.3 is 0 Å². The SMILES string of the molecule is CCn1ncc(C(=O)N2CCC(O)(c3ncc(OC)nc3OC)CC2)c1C. The van der Waals surface area contributed by atoms with E-state index in [1.54, 1.807) is 15.8 Å². The van der Waals surface area contributed by atoms with Crippen molar-refractivity contribution in [2.75, 3.05) is 27.3 Å². The van der Waals surface area contributed by atoms with Gasteiger partial charge in [-0.1, -0.05) is 0 Å². The Balaban J connectivity index is 1.76. The zero-order valence-corrected chi connectivity index (χ0v) is 16.1. The van der Waals surface area contributed by atoms with Crippen LogP contribution in [0.5, 0.6) is 11.8 Å². The van der Waals surface area contributed by atoms with Gasteiger partial charge in [-0.2, -0.15) is 10.1 Å². The lowest BCUT2D eigenvalue weighted by molar-refractivity contribution is -0.0265. The highest BCUT2D eigenvalue weighted by Gasteiger charge is 2.40. The highest BCUT2D eigenvalue weighted by atomic mass is 16.5. The molecule has 3 rings (SSSR count). The zero-order chi connectivity index (χ0) is 19.6. The molecule has 2 aromatic rings. The quantitative estimate of drug-likeness (QED) is 0.836. The molecule has 0 spiro atoms. The first-order valence-corrected chi connectivity index (χ1v) is 8.93. The maximum absolute atomic E-state index is 12.8. The number of amides is 1. The minimum Gasteiger partial charge on any atom is -0.480 e. The normalized spacial score (nSPS) is 16.3. The van der Waals surface area contributed by atoms with Crippen LogP contribution in [0.4, 0.5) is 0 Å². The maximum Gasteiger partial charge on any atom is 0.257 e. The van der Waals surface area contributed by atoms with E-state index in [0.29, 0.717) is 43.1 Å². The number of carbonyl (C=O) groups excluding carboxylic acids is 1. The number of methoxy groups -OCH3 is 2. The van der Waals surface area contributed by atoms with E-state index in [-0.39, 0.29) is 11.8 Å². The highest BCUT2D eigenvalue weighted by Crippen LogP contribution is 2.36. The molecule has 3 heterocycles. The number of aryl methyl sites for hydroxylation is 1. The fraction of sp³-hybridized carbons (Fsp3) is 0.556. The summed E-state index contributed by atoms with van der Waals surface area (Å²) in [6, 6.07) is 0. The van der Waals surface area contributed by atoms with Gasteiger partial charge in [0.2, 0.25) is 11.8 Å². The van der Waals surface area contributed by atoms with Crippen LogP contribution in [-0.4, -0.2) is 63.0 Å². The van der Waals surface area contributed by atoms with Crippen LogP contribution >= 0.6 is 0 Å². The van der Waals surface area contributed by atoms with Crippen molar-refractivity contribution < 1.29 is 19.4 Å². The van der Waals surface area contributed by atoms with Crippen LogP contribution in [0.2, 0.25) is 0 Å². The summed E-state index contributed by atoms with van der Waals surface area (Å²) in [7, 11) is 2.97. The summed E-state index contributed by atoms with van der Waals surface area (Å²) in [5.74, 6) is 0.481. The molecule has 1 aliphatic heterocycles. The topological polar surface area (TPSA) is 103 Å². The number of hydrogen-bond donors (Lipinski definition) is 1. The number of piperidine rings is 1. The van der Waals surface area contributed by atoms with Crippen molar-refractivity contribution in [1.29, 1.82) is 0 Å². The van der Waals surface area contributed by atoms with Gasteiger partial charge in [-0.3, -0.25) is 9.48 Å². The van der Waals surface area contributed by atoms with Crippen LogP contribution in [-0.2, 0) is 12.1 Å². The lowest BCUT2D eigenvalue weighted by atomic mass is 9.87. The number of carbonyl (C=O) groups is 1. The number of ether oxygens (including phenoxy) is 2. The molecule has 0 unspecified atom stereocenters. The van der Waals surface area contributed by atoms with Crippen LogP contribution < -0.4 is 9.47 Å². The number of nitrogens with zero attached hydrogens (tertiary/aromatic N) is 5. The van der Waals surface area contributed by atoms with Gasteiger partial charge in [-0.05, 0) is 26.7 Å². The van der Waals surface area contributed by atoms with Crippen LogP contribution in [0.1, 0.15) is 41.5 Å². The average Bonchev–Trinajstić information content (AvgIpc) is 3.07. The van der Waals surface area contributed by atoms with E-state index in [0.717, 1.165) is 12.2 Å². The van der Waals surface area contributed by atoms with E-state index >= 15 is 0 Å². The summed E-state index contributed by atoms with van der Waals surface area (Å²) < 4.78 is 12.1.